The fourth-order valence-corrected chi connectivity index (χ4v) is 5.03. The molecule has 2 unspecified atom stereocenters. The summed E-state index contributed by atoms with van der Waals surface area (Å²) in [4.78, 5) is 8.64. The van der Waals surface area contributed by atoms with Gasteiger partial charge in [0.05, 0.1) is 23.7 Å². The van der Waals surface area contributed by atoms with Gasteiger partial charge in [-0.25, -0.2) is 23.1 Å². The third-order valence-electron chi connectivity index (χ3n) is 5.68. The largest absolute Gasteiger partial charge is 0.410 e. The van der Waals surface area contributed by atoms with Gasteiger partial charge < -0.3 is 19.9 Å². The first-order chi connectivity index (χ1) is 17.1. The molecule has 13 heteroatoms. The van der Waals surface area contributed by atoms with E-state index in [1.807, 2.05) is 0 Å². The molecule has 0 radical (unpaired) electrons. The number of benzene rings is 2. The summed E-state index contributed by atoms with van der Waals surface area (Å²) in [5, 5.41) is 5.83. The molecule has 37 heavy (non-hydrogen) atoms. The lowest BCUT2D eigenvalue weighted by Gasteiger charge is -2.25. The van der Waals surface area contributed by atoms with Crippen LogP contribution >= 0.6 is 7.14 Å². The molecule has 2 aromatic carbocycles. The van der Waals surface area contributed by atoms with Gasteiger partial charge in [-0.15, -0.1) is 0 Å². The first-order valence-electron chi connectivity index (χ1n) is 11.2. The summed E-state index contributed by atoms with van der Waals surface area (Å²) in [5.41, 5.74) is -0.541. The fourth-order valence-electron chi connectivity index (χ4n) is 3.88. The standard InChI is InChI=1S/C24H27F6N4O2P/c1-12(14-7-6-8-15(21(14)25)22(26)27)31-23-16-9-19(37(4,5)35)18(10-17(16)32-13(2)33-23)34-20(11-36-3)24(28,29)30/h6-10,12,20,22,34H,11H2,1-5H3,(H,31,32,33). The Morgan fingerprint density at radius 1 is 1.08 bits per heavy atom. The number of aryl methyl sites for hydroxylation is 1. The summed E-state index contributed by atoms with van der Waals surface area (Å²) in [6, 6.07) is 3.58. The molecule has 3 rings (SSSR count). The van der Waals surface area contributed by atoms with E-state index in [1.54, 1.807) is 13.8 Å². The molecular weight excluding hydrogens is 521 g/mol. The van der Waals surface area contributed by atoms with Crippen LogP contribution in [-0.2, 0) is 9.30 Å². The van der Waals surface area contributed by atoms with Gasteiger partial charge in [0.25, 0.3) is 6.43 Å². The molecule has 1 heterocycles. The highest BCUT2D eigenvalue weighted by Crippen LogP contribution is 2.41. The Labute approximate surface area is 210 Å². The Bertz CT molecular complexity index is 1330. The van der Waals surface area contributed by atoms with Crippen molar-refractivity contribution in [3.8, 4) is 0 Å². The van der Waals surface area contributed by atoms with E-state index in [4.69, 9.17) is 4.74 Å². The molecule has 0 aliphatic carbocycles. The smallest absolute Gasteiger partial charge is 0.382 e. The van der Waals surface area contributed by atoms with E-state index in [1.165, 1.54) is 37.6 Å². The number of anilines is 2. The van der Waals surface area contributed by atoms with Gasteiger partial charge in [-0.1, -0.05) is 18.2 Å². The summed E-state index contributed by atoms with van der Waals surface area (Å²) < 4.78 is 99.5. The molecular formula is C24H27F6N4O2P. The summed E-state index contributed by atoms with van der Waals surface area (Å²) in [6.07, 6.45) is -7.64. The minimum atomic E-state index is -4.64. The van der Waals surface area contributed by atoms with Gasteiger partial charge in [-0.3, -0.25) is 0 Å². The van der Waals surface area contributed by atoms with Crippen LogP contribution < -0.4 is 15.9 Å². The van der Waals surface area contributed by atoms with Gasteiger partial charge in [0.15, 0.2) is 0 Å². The predicted molar refractivity (Wildman–Crippen MR) is 132 cm³/mol. The quantitative estimate of drug-likeness (QED) is 0.237. The Balaban J connectivity index is 2.13. The van der Waals surface area contributed by atoms with Crippen molar-refractivity contribution in [1.82, 2.24) is 9.97 Å². The topological polar surface area (TPSA) is 76.1 Å². The maximum atomic E-state index is 14.7. The van der Waals surface area contributed by atoms with Gasteiger partial charge in [0.1, 0.15) is 30.6 Å². The van der Waals surface area contributed by atoms with Crippen molar-refractivity contribution in [2.24, 2.45) is 0 Å². The molecule has 6 nitrogen and oxygen atoms in total. The van der Waals surface area contributed by atoms with Crippen molar-refractivity contribution in [1.29, 1.82) is 0 Å². The normalized spacial score (nSPS) is 14.2. The Morgan fingerprint density at radius 2 is 1.73 bits per heavy atom. The maximum absolute atomic E-state index is 14.7. The molecule has 0 bridgehead atoms. The number of nitrogens with zero attached hydrogens (tertiary/aromatic N) is 2. The first-order valence-corrected chi connectivity index (χ1v) is 13.8. The third kappa shape index (κ3) is 6.54. The molecule has 0 amide bonds. The number of aromatic nitrogens is 2. The van der Waals surface area contributed by atoms with Crippen molar-refractivity contribution in [3.05, 3.63) is 53.1 Å². The molecule has 0 saturated heterocycles. The number of methoxy groups -OCH3 is 1. The van der Waals surface area contributed by atoms with E-state index in [0.29, 0.717) is 5.39 Å². The number of alkyl halides is 5. The highest BCUT2D eigenvalue weighted by atomic mass is 31.2. The van der Waals surface area contributed by atoms with Gasteiger partial charge in [-0.05, 0) is 39.3 Å². The van der Waals surface area contributed by atoms with Crippen LogP contribution in [-0.4, -0.2) is 49.2 Å². The minimum Gasteiger partial charge on any atom is -0.382 e. The zero-order chi connectivity index (χ0) is 27.7. The van der Waals surface area contributed by atoms with Crippen LogP contribution in [0, 0.1) is 12.7 Å². The second kappa shape index (κ2) is 10.9. The number of hydrogen-bond acceptors (Lipinski definition) is 6. The van der Waals surface area contributed by atoms with Crippen molar-refractivity contribution in [2.75, 3.05) is 37.7 Å². The molecule has 0 fully saturated rings. The van der Waals surface area contributed by atoms with E-state index in [2.05, 4.69) is 20.6 Å². The number of hydrogen-bond donors (Lipinski definition) is 2. The first kappa shape index (κ1) is 28.7. The minimum absolute atomic E-state index is 0.0204. The Kier molecular flexibility index (Phi) is 8.44. The van der Waals surface area contributed by atoms with Crippen molar-refractivity contribution in [2.45, 2.75) is 38.5 Å². The highest BCUT2D eigenvalue weighted by molar-refractivity contribution is 7.70. The van der Waals surface area contributed by atoms with Crippen LogP contribution in [0.4, 0.5) is 37.8 Å². The average molecular weight is 548 g/mol. The lowest BCUT2D eigenvalue weighted by atomic mass is 10.0. The van der Waals surface area contributed by atoms with Gasteiger partial charge in [0, 0.05) is 29.1 Å². The number of nitrogens with one attached hydrogen (secondary N) is 2. The number of ether oxygens (including phenoxy) is 1. The SMILES string of the molecule is COCC(Nc1cc2nc(C)nc(NC(C)c3cccc(C(F)F)c3F)c2cc1P(C)(C)=O)C(F)(F)F. The van der Waals surface area contributed by atoms with Gasteiger partial charge in [0.2, 0.25) is 0 Å². The van der Waals surface area contributed by atoms with E-state index >= 15 is 0 Å². The van der Waals surface area contributed by atoms with Crippen LogP contribution in [0.3, 0.4) is 0 Å². The maximum Gasteiger partial charge on any atom is 0.410 e. The van der Waals surface area contributed by atoms with Crippen LogP contribution in [0.25, 0.3) is 10.9 Å². The van der Waals surface area contributed by atoms with Crippen LogP contribution in [0.5, 0.6) is 0 Å². The lowest BCUT2D eigenvalue weighted by molar-refractivity contribution is -0.151. The zero-order valence-electron chi connectivity index (χ0n) is 20.8. The Morgan fingerprint density at radius 3 is 2.30 bits per heavy atom. The van der Waals surface area contributed by atoms with Crippen LogP contribution in [0.1, 0.15) is 36.3 Å². The van der Waals surface area contributed by atoms with Crippen molar-refractivity contribution < 1.29 is 35.6 Å². The third-order valence-corrected chi connectivity index (χ3v) is 7.21. The average Bonchev–Trinajstić information content (AvgIpc) is 2.76. The summed E-state index contributed by atoms with van der Waals surface area (Å²) in [5.74, 6) is -0.617. The fraction of sp³-hybridized carbons (Fsp3) is 0.417. The summed E-state index contributed by atoms with van der Waals surface area (Å²) >= 11 is 0. The molecule has 3 aromatic rings. The monoisotopic (exact) mass is 548 g/mol. The van der Waals surface area contributed by atoms with Crippen LogP contribution in [0.2, 0.25) is 0 Å². The predicted octanol–water partition coefficient (Wildman–Crippen LogP) is 6.43. The summed E-state index contributed by atoms with van der Waals surface area (Å²) in [6.45, 7) is 5.26. The van der Waals surface area contributed by atoms with Crippen molar-refractivity contribution in [3.63, 3.8) is 0 Å². The second-order valence-corrected chi connectivity index (χ2v) is 12.2. The lowest BCUT2D eigenvalue weighted by Crippen LogP contribution is -2.41. The molecule has 0 aliphatic rings. The van der Waals surface area contributed by atoms with Crippen molar-refractivity contribution >= 4 is 34.9 Å². The number of fused-ring (bicyclic) bond motifs is 1. The van der Waals surface area contributed by atoms with E-state index in [-0.39, 0.29) is 33.7 Å². The summed E-state index contributed by atoms with van der Waals surface area (Å²) in [7, 11) is -1.99. The highest BCUT2D eigenvalue weighted by Gasteiger charge is 2.40. The molecule has 2 N–H and O–H groups in total. The molecule has 1 aromatic heterocycles. The zero-order valence-corrected chi connectivity index (χ0v) is 21.6. The number of rotatable bonds is 9. The van der Waals surface area contributed by atoms with Gasteiger partial charge >= 0.3 is 6.18 Å². The molecule has 0 saturated carbocycles. The van der Waals surface area contributed by atoms with E-state index < -0.39 is 49.8 Å². The van der Waals surface area contributed by atoms with E-state index in [9.17, 15) is 30.9 Å². The molecule has 0 spiro atoms. The van der Waals surface area contributed by atoms with E-state index in [0.717, 1.165) is 13.2 Å². The van der Waals surface area contributed by atoms with Crippen LogP contribution in [0.15, 0.2) is 30.3 Å². The second-order valence-electron chi connectivity index (χ2n) is 8.97. The number of halogens is 6. The molecule has 0 aliphatic heterocycles. The van der Waals surface area contributed by atoms with Gasteiger partial charge in [-0.2, -0.15) is 13.2 Å². The Hall–Kier alpha value is -2.85. The molecule has 202 valence electrons. The molecule has 2 atom stereocenters.